The lowest BCUT2D eigenvalue weighted by Crippen LogP contribution is -2.43. The lowest BCUT2D eigenvalue weighted by Gasteiger charge is -2.35. The number of carbonyl (C=O) groups is 2. The first-order valence-corrected chi connectivity index (χ1v) is 10.3. The van der Waals surface area contributed by atoms with Gasteiger partial charge in [-0.15, -0.1) is 0 Å². The van der Waals surface area contributed by atoms with Gasteiger partial charge in [-0.2, -0.15) is 0 Å². The smallest absolute Gasteiger partial charge is 0.316 e. The van der Waals surface area contributed by atoms with Crippen LogP contribution in [0.15, 0.2) is 48.5 Å². The van der Waals surface area contributed by atoms with E-state index in [1.54, 1.807) is 12.1 Å². The maximum absolute atomic E-state index is 13.3. The molecule has 160 valence electrons. The summed E-state index contributed by atoms with van der Waals surface area (Å²) in [5.41, 5.74) is 2.21. The lowest BCUT2D eigenvalue weighted by molar-refractivity contribution is -0.154. The number of halogens is 1. The molecule has 30 heavy (non-hydrogen) atoms. The third-order valence-corrected chi connectivity index (χ3v) is 5.55. The number of aryl methyl sites for hydroxylation is 2. The molecule has 1 fully saturated rings. The standard InChI is InChI=1S/C24H28FNO4/c1-18-2-4-19(5-3-18)6-11-22(27)26-14-17-30-23(28)24(12-15-29-16-13-24)20-7-9-21(25)10-8-20/h2-5,7-10H,6,11-17H2,1H3,(H,26,27). The molecular formula is C24H28FNO4. The highest BCUT2D eigenvalue weighted by atomic mass is 19.1. The fourth-order valence-corrected chi connectivity index (χ4v) is 3.67. The Morgan fingerprint density at radius 1 is 1.07 bits per heavy atom. The summed E-state index contributed by atoms with van der Waals surface area (Å²) in [5.74, 6) is -0.778. The van der Waals surface area contributed by atoms with Gasteiger partial charge < -0.3 is 14.8 Å². The zero-order valence-electron chi connectivity index (χ0n) is 17.3. The summed E-state index contributed by atoms with van der Waals surface area (Å²) >= 11 is 0. The average molecular weight is 413 g/mol. The van der Waals surface area contributed by atoms with Crippen molar-refractivity contribution < 1.29 is 23.5 Å². The normalized spacial score (nSPS) is 15.4. The first-order chi connectivity index (χ1) is 14.5. The molecule has 1 aliphatic rings. The second-order valence-corrected chi connectivity index (χ2v) is 7.67. The molecule has 1 aliphatic heterocycles. The van der Waals surface area contributed by atoms with Crippen LogP contribution in [0.5, 0.6) is 0 Å². The molecule has 1 heterocycles. The molecule has 0 aromatic heterocycles. The van der Waals surface area contributed by atoms with Gasteiger partial charge in [-0.25, -0.2) is 4.39 Å². The lowest BCUT2D eigenvalue weighted by atomic mass is 9.74. The summed E-state index contributed by atoms with van der Waals surface area (Å²) < 4.78 is 24.2. The Bertz CT molecular complexity index is 843. The number of nitrogens with one attached hydrogen (secondary N) is 1. The van der Waals surface area contributed by atoms with Crippen LogP contribution in [0.2, 0.25) is 0 Å². The molecule has 0 unspecified atom stereocenters. The van der Waals surface area contributed by atoms with E-state index in [4.69, 9.17) is 9.47 Å². The zero-order valence-corrected chi connectivity index (χ0v) is 17.3. The Hall–Kier alpha value is -2.73. The summed E-state index contributed by atoms with van der Waals surface area (Å²) in [6.45, 7) is 3.27. The largest absolute Gasteiger partial charge is 0.463 e. The van der Waals surface area contributed by atoms with E-state index in [1.807, 2.05) is 31.2 Å². The van der Waals surface area contributed by atoms with E-state index in [-0.39, 0.29) is 30.8 Å². The molecular weight excluding hydrogens is 385 g/mol. The van der Waals surface area contributed by atoms with Crippen molar-refractivity contribution in [3.05, 3.63) is 71.0 Å². The number of hydrogen-bond acceptors (Lipinski definition) is 4. The molecule has 0 spiro atoms. The van der Waals surface area contributed by atoms with E-state index >= 15 is 0 Å². The van der Waals surface area contributed by atoms with Gasteiger partial charge in [0.25, 0.3) is 0 Å². The number of hydrogen-bond donors (Lipinski definition) is 1. The molecule has 2 aromatic carbocycles. The Labute approximate surface area is 176 Å². The number of rotatable bonds is 8. The topological polar surface area (TPSA) is 64.6 Å². The van der Waals surface area contributed by atoms with Gasteiger partial charge in [0.05, 0.1) is 12.0 Å². The first-order valence-electron chi connectivity index (χ1n) is 10.3. The molecule has 0 saturated carbocycles. The van der Waals surface area contributed by atoms with Crippen LogP contribution in [0.3, 0.4) is 0 Å². The van der Waals surface area contributed by atoms with E-state index in [9.17, 15) is 14.0 Å². The predicted molar refractivity (Wildman–Crippen MR) is 112 cm³/mol. The molecule has 0 aliphatic carbocycles. The molecule has 1 amide bonds. The SMILES string of the molecule is Cc1ccc(CCC(=O)NCCOC(=O)C2(c3ccc(F)cc3)CCOCC2)cc1. The van der Waals surface area contributed by atoms with Gasteiger partial charge >= 0.3 is 5.97 Å². The minimum Gasteiger partial charge on any atom is -0.463 e. The predicted octanol–water partition coefficient (Wildman–Crippen LogP) is 3.47. The third kappa shape index (κ3) is 5.66. The minimum absolute atomic E-state index is 0.0778. The van der Waals surface area contributed by atoms with Crippen LogP contribution in [-0.4, -0.2) is 38.2 Å². The third-order valence-electron chi connectivity index (χ3n) is 5.55. The van der Waals surface area contributed by atoms with Gasteiger partial charge in [0.1, 0.15) is 12.4 Å². The molecule has 5 nitrogen and oxygen atoms in total. The van der Waals surface area contributed by atoms with Crippen molar-refractivity contribution in [2.75, 3.05) is 26.4 Å². The molecule has 1 saturated heterocycles. The fraction of sp³-hybridized carbons (Fsp3) is 0.417. The molecule has 0 bridgehead atoms. The van der Waals surface area contributed by atoms with Crippen molar-refractivity contribution in [1.29, 1.82) is 0 Å². The van der Waals surface area contributed by atoms with Crippen molar-refractivity contribution in [2.24, 2.45) is 0 Å². The molecule has 0 atom stereocenters. The molecule has 3 rings (SSSR count). The monoisotopic (exact) mass is 413 g/mol. The van der Waals surface area contributed by atoms with E-state index < -0.39 is 5.41 Å². The summed E-state index contributed by atoms with van der Waals surface area (Å²) in [7, 11) is 0. The van der Waals surface area contributed by atoms with Crippen LogP contribution >= 0.6 is 0 Å². The van der Waals surface area contributed by atoms with Gasteiger partial charge in [-0.3, -0.25) is 9.59 Å². The summed E-state index contributed by atoms with van der Waals surface area (Å²) in [5, 5.41) is 2.79. The van der Waals surface area contributed by atoms with Crippen LogP contribution in [-0.2, 0) is 30.9 Å². The van der Waals surface area contributed by atoms with Gasteiger partial charge in [0.2, 0.25) is 5.91 Å². The highest BCUT2D eigenvalue weighted by molar-refractivity contribution is 5.83. The van der Waals surface area contributed by atoms with Crippen molar-refractivity contribution in [3.63, 3.8) is 0 Å². The van der Waals surface area contributed by atoms with Crippen molar-refractivity contribution in [1.82, 2.24) is 5.32 Å². The number of amides is 1. The maximum Gasteiger partial charge on any atom is 0.316 e. The van der Waals surface area contributed by atoms with Gasteiger partial charge in [-0.1, -0.05) is 42.0 Å². The molecule has 2 aromatic rings. The second-order valence-electron chi connectivity index (χ2n) is 7.67. The minimum atomic E-state index is -0.832. The van der Waals surface area contributed by atoms with Crippen molar-refractivity contribution in [3.8, 4) is 0 Å². The summed E-state index contributed by atoms with van der Waals surface area (Å²) in [6.07, 6.45) is 2.02. The summed E-state index contributed by atoms with van der Waals surface area (Å²) in [6, 6.07) is 14.1. The van der Waals surface area contributed by atoms with Gasteiger partial charge in [0.15, 0.2) is 0 Å². The Kier molecular flexibility index (Phi) is 7.57. The number of benzene rings is 2. The molecule has 1 N–H and O–H groups in total. The van der Waals surface area contributed by atoms with Crippen LogP contribution < -0.4 is 5.32 Å². The Balaban J connectivity index is 1.46. The van der Waals surface area contributed by atoms with Gasteiger partial charge in [0, 0.05) is 19.6 Å². The Morgan fingerprint density at radius 2 is 1.73 bits per heavy atom. The van der Waals surface area contributed by atoms with Crippen molar-refractivity contribution in [2.45, 2.75) is 38.0 Å². The summed E-state index contributed by atoms with van der Waals surface area (Å²) in [4.78, 5) is 24.9. The van der Waals surface area contributed by atoms with Crippen LogP contribution in [0.1, 0.15) is 36.0 Å². The molecule has 6 heteroatoms. The fourth-order valence-electron chi connectivity index (χ4n) is 3.67. The average Bonchev–Trinajstić information content (AvgIpc) is 2.77. The van der Waals surface area contributed by atoms with Crippen LogP contribution in [0, 0.1) is 12.7 Å². The van der Waals surface area contributed by atoms with Crippen LogP contribution in [0.4, 0.5) is 4.39 Å². The van der Waals surface area contributed by atoms with E-state index in [0.29, 0.717) is 38.9 Å². The molecule has 0 radical (unpaired) electrons. The number of carbonyl (C=O) groups excluding carboxylic acids is 2. The van der Waals surface area contributed by atoms with E-state index in [2.05, 4.69) is 5.32 Å². The number of esters is 1. The second kappa shape index (κ2) is 10.3. The van der Waals surface area contributed by atoms with Gasteiger partial charge in [-0.05, 0) is 49.4 Å². The highest BCUT2D eigenvalue weighted by Crippen LogP contribution is 2.36. The van der Waals surface area contributed by atoms with Crippen molar-refractivity contribution >= 4 is 11.9 Å². The highest BCUT2D eigenvalue weighted by Gasteiger charge is 2.43. The Morgan fingerprint density at radius 3 is 2.40 bits per heavy atom. The first kappa shape index (κ1) is 22.0. The zero-order chi connectivity index (χ0) is 21.4. The van der Waals surface area contributed by atoms with E-state index in [0.717, 1.165) is 11.1 Å². The van der Waals surface area contributed by atoms with E-state index in [1.165, 1.54) is 17.7 Å². The maximum atomic E-state index is 13.3. The quantitative estimate of drug-likeness (QED) is 0.532. The van der Waals surface area contributed by atoms with Crippen LogP contribution in [0.25, 0.3) is 0 Å². The number of ether oxygens (including phenoxy) is 2.